The molecule has 1 aromatic heterocycles. The van der Waals surface area contributed by atoms with Gasteiger partial charge in [0.1, 0.15) is 0 Å². The largest absolute Gasteiger partial charge is 0.328 e. The van der Waals surface area contributed by atoms with Crippen molar-refractivity contribution in [1.29, 1.82) is 0 Å². The first-order valence-electron chi connectivity index (χ1n) is 5.52. The third-order valence-electron chi connectivity index (χ3n) is 2.58. The molecule has 1 unspecified atom stereocenters. The number of hydrogen-bond acceptors (Lipinski definition) is 2. The second-order valence-corrected chi connectivity index (χ2v) is 4.43. The number of aromatic nitrogens is 2. The minimum absolute atomic E-state index is 0.266. The molecule has 0 aliphatic carbocycles. The van der Waals surface area contributed by atoms with Crippen LogP contribution in [-0.4, -0.2) is 15.8 Å². The molecular formula is C11H20ClN3. The topological polar surface area (TPSA) is 43.8 Å². The quantitative estimate of drug-likeness (QED) is 0.842. The minimum atomic E-state index is 0.266. The van der Waals surface area contributed by atoms with Crippen LogP contribution in [0, 0.1) is 0 Å². The van der Waals surface area contributed by atoms with Crippen LogP contribution in [0.15, 0.2) is 0 Å². The molecule has 0 radical (unpaired) electrons. The van der Waals surface area contributed by atoms with E-state index in [1.54, 1.807) is 0 Å². The van der Waals surface area contributed by atoms with E-state index < -0.39 is 0 Å². The smallest absolute Gasteiger partial charge is 0.0849 e. The Morgan fingerprint density at radius 3 is 2.67 bits per heavy atom. The van der Waals surface area contributed by atoms with Gasteiger partial charge in [-0.1, -0.05) is 18.5 Å². The summed E-state index contributed by atoms with van der Waals surface area (Å²) in [5, 5.41) is 5.22. The van der Waals surface area contributed by atoms with Gasteiger partial charge in [-0.05, 0) is 32.6 Å². The van der Waals surface area contributed by atoms with E-state index in [2.05, 4.69) is 12.0 Å². The molecule has 0 saturated heterocycles. The molecular weight excluding hydrogens is 210 g/mol. The van der Waals surface area contributed by atoms with Crippen molar-refractivity contribution in [2.75, 3.05) is 0 Å². The fraction of sp³-hybridized carbons (Fsp3) is 0.727. The molecule has 0 saturated carbocycles. The van der Waals surface area contributed by atoms with Crippen molar-refractivity contribution in [3.8, 4) is 0 Å². The van der Waals surface area contributed by atoms with Crippen molar-refractivity contribution < 1.29 is 0 Å². The van der Waals surface area contributed by atoms with E-state index in [-0.39, 0.29) is 6.04 Å². The van der Waals surface area contributed by atoms with Crippen molar-refractivity contribution in [2.45, 2.75) is 45.6 Å². The number of aryl methyl sites for hydroxylation is 2. The predicted octanol–water partition coefficient (Wildman–Crippen LogP) is 2.31. The van der Waals surface area contributed by atoms with E-state index in [9.17, 15) is 0 Å². The molecule has 1 heterocycles. The van der Waals surface area contributed by atoms with Gasteiger partial charge in [-0.25, -0.2) is 0 Å². The Hall–Kier alpha value is -0.540. The molecule has 1 atom stereocenters. The molecule has 0 amide bonds. The lowest BCUT2D eigenvalue weighted by Crippen LogP contribution is -2.14. The molecule has 1 rings (SSSR count). The van der Waals surface area contributed by atoms with Gasteiger partial charge in [0.15, 0.2) is 0 Å². The van der Waals surface area contributed by atoms with Crippen LogP contribution in [0.1, 0.15) is 38.1 Å². The van der Waals surface area contributed by atoms with Gasteiger partial charge >= 0.3 is 0 Å². The zero-order valence-electron chi connectivity index (χ0n) is 9.76. The fourth-order valence-corrected chi connectivity index (χ4v) is 2.07. The molecule has 86 valence electrons. The molecule has 3 nitrogen and oxygen atoms in total. The second-order valence-electron chi connectivity index (χ2n) is 4.05. The van der Waals surface area contributed by atoms with Crippen LogP contribution in [0.3, 0.4) is 0 Å². The van der Waals surface area contributed by atoms with Gasteiger partial charge in [0.25, 0.3) is 0 Å². The molecule has 0 fully saturated rings. The zero-order valence-corrected chi connectivity index (χ0v) is 10.5. The number of halogens is 1. The van der Waals surface area contributed by atoms with Crippen molar-refractivity contribution in [3.05, 3.63) is 16.4 Å². The van der Waals surface area contributed by atoms with Crippen LogP contribution in [0.4, 0.5) is 0 Å². The number of hydrogen-bond donors (Lipinski definition) is 1. The molecule has 0 aliphatic rings. The molecule has 0 aliphatic heterocycles. The highest BCUT2D eigenvalue weighted by atomic mass is 35.5. The van der Waals surface area contributed by atoms with Crippen LogP contribution < -0.4 is 5.73 Å². The van der Waals surface area contributed by atoms with E-state index in [0.29, 0.717) is 0 Å². The molecule has 2 N–H and O–H groups in total. The summed E-state index contributed by atoms with van der Waals surface area (Å²) in [4.78, 5) is 0. The van der Waals surface area contributed by atoms with Crippen LogP contribution in [0.2, 0.25) is 5.02 Å². The van der Waals surface area contributed by atoms with Crippen LogP contribution >= 0.6 is 11.6 Å². The van der Waals surface area contributed by atoms with Crippen molar-refractivity contribution in [3.63, 3.8) is 0 Å². The van der Waals surface area contributed by atoms with Gasteiger partial charge in [-0.15, -0.1) is 0 Å². The van der Waals surface area contributed by atoms with E-state index >= 15 is 0 Å². The average Bonchev–Trinajstić information content (AvgIpc) is 2.44. The summed E-state index contributed by atoms with van der Waals surface area (Å²) in [7, 11) is 1.95. The lowest BCUT2D eigenvalue weighted by atomic mass is 10.1. The highest BCUT2D eigenvalue weighted by molar-refractivity contribution is 6.31. The predicted molar refractivity (Wildman–Crippen MR) is 64.2 cm³/mol. The lowest BCUT2D eigenvalue weighted by molar-refractivity contribution is 0.600. The zero-order chi connectivity index (χ0) is 11.4. The summed E-state index contributed by atoms with van der Waals surface area (Å²) < 4.78 is 1.89. The van der Waals surface area contributed by atoms with Gasteiger partial charge in [0.2, 0.25) is 0 Å². The van der Waals surface area contributed by atoms with Crippen LogP contribution in [0.5, 0.6) is 0 Å². The average molecular weight is 230 g/mol. The van der Waals surface area contributed by atoms with E-state index in [1.807, 2.05) is 18.7 Å². The molecule has 4 heteroatoms. The summed E-state index contributed by atoms with van der Waals surface area (Å²) in [5.41, 5.74) is 7.84. The SMILES string of the molecule is CCc1nn(C)c(CCCC(C)N)c1Cl. The second kappa shape index (κ2) is 5.52. The Morgan fingerprint density at radius 2 is 2.20 bits per heavy atom. The summed E-state index contributed by atoms with van der Waals surface area (Å²) in [6.45, 7) is 4.10. The third-order valence-corrected chi connectivity index (χ3v) is 3.01. The first-order chi connectivity index (χ1) is 7.06. The van der Waals surface area contributed by atoms with Gasteiger partial charge in [-0.2, -0.15) is 5.10 Å². The Balaban J connectivity index is 2.64. The standard InChI is InChI=1S/C11H20ClN3/c1-4-9-11(12)10(15(3)14-9)7-5-6-8(2)13/h8H,4-7,13H2,1-3H3. The molecule has 0 spiro atoms. The fourth-order valence-electron chi connectivity index (χ4n) is 1.68. The van der Waals surface area contributed by atoms with Gasteiger partial charge in [-0.3, -0.25) is 4.68 Å². The first-order valence-corrected chi connectivity index (χ1v) is 5.89. The normalized spacial score (nSPS) is 13.1. The maximum absolute atomic E-state index is 6.23. The third kappa shape index (κ3) is 3.21. The number of nitrogens with zero attached hydrogens (tertiary/aromatic N) is 2. The number of nitrogens with two attached hydrogens (primary N) is 1. The molecule has 0 aromatic carbocycles. The molecule has 1 aromatic rings. The number of rotatable bonds is 5. The van der Waals surface area contributed by atoms with Crippen molar-refractivity contribution in [1.82, 2.24) is 9.78 Å². The Kier molecular flexibility index (Phi) is 4.61. The van der Waals surface area contributed by atoms with Crippen molar-refractivity contribution >= 4 is 11.6 Å². The first kappa shape index (κ1) is 12.5. The van der Waals surface area contributed by atoms with Gasteiger partial charge in [0, 0.05) is 13.1 Å². The Bertz CT molecular complexity index is 318. The lowest BCUT2D eigenvalue weighted by Gasteiger charge is -2.05. The van der Waals surface area contributed by atoms with Gasteiger partial charge in [0.05, 0.1) is 16.4 Å². The summed E-state index contributed by atoms with van der Waals surface area (Å²) in [6.07, 6.45) is 3.95. The highest BCUT2D eigenvalue weighted by Crippen LogP contribution is 2.22. The molecule has 15 heavy (non-hydrogen) atoms. The van der Waals surface area contributed by atoms with E-state index in [0.717, 1.165) is 42.1 Å². The van der Waals surface area contributed by atoms with E-state index in [4.69, 9.17) is 17.3 Å². The maximum Gasteiger partial charge on any atom is 0.0849 e. The minimum Gasteiger partial charge on any atom is -0.328 e. The van der Waals surface area contributed by atoms with Crippen molar-refractivity contribution in [2.24, 2.45) is 12.8 Å². The van der Waals surface area contributed by atoms with Crippen LogP contribution in [-0.2, 0) is 19.9 Å². The maximum atomic E-state index is 6.23. The summed E-state index contributed by atoms with van der Waals surface area (Å²) in [6, 6.07) is 0.266. The highest BCUT2D eigenvalue weighted by Gasteiger charge is 2.12. The summed E-state index contributed by atoms with van der Waals surface area (Å²) >= 11 is 6.23. The Labute approximate surface area is 96.6 Å². The molecule has 0 bridgehead atoms. The van der Waals surface area contributed by atoms with E-state index in [1.165, 1.54) is 0 Å². The Morgan fingerprint density at radius 1 is 1.53 bits per heavy atom. The van der Waals surface area contributed by atoms with Gasteiger partial charge < -0.3 is 5.73 Å². The monoisotopic (exact) mass is 229 g/mol. The summed E-state index contributed by atoms with van der Waals surface area (Å²) in [5.74, 6) is 0. The van der Waals surface area contributed by atoms with Crippen LogP contribution in [0.25, 0.3) is 0 Å².